The van der Waals surface area contributed by atoms with Gasteiger partial charge in [0.2, 0.25) is 0 Å². The number of rotatable bonds is 1. The second-order valence-electron chi connectivity index (χ2n) is 2.79. The van der Waals surface area contributed by atoms with Gasteiger partial charge in [-0.2, -0.15) is 25.9 Å². The number of hydrogen-bond acceptors (Lipinski definition) is 4. The van der Waals surface area contributed by atoms with Gasteiger partial charge < -0.3 is 5.11 Å². The zero-order valence-electron chi connectivity index (χ0n) is 7.06. The van der Waals surface area contributed by atoms with Crippen molar-refractivity contribution in [1.29, 1.82) is 0 Å². The highest BCUT2D eigenvalue weighted by Crippen LogP contribution is 2.29. The van der Waals surface area contributed by atoms with Gasteiger partial charge in [0.05, 0.1) is 19.1 Å². The van der Waals surface area contributed by atoms with Crippen molar-refractivity contribution < 1.29 is 35.7 Å². The minimum Gasteiger partial charge on any atom is -0.464 e. The smallest absolute Gasteiger partial charge is 0.423 e. The molecule has 1 saturated heterocycles. The van der Waals surface area contributed by atoms with E-state index in [-0.39, 0.29) is 4.31 Å². The first-order valence-corrected chi connectivity index (χ1v) is 4.98. The zero-order valence-corrected chi connectivity index (χ0v) is 7.88. The van der Waals surface area contributed by atoms with Gasteiger partial charge in [-0.15, -0.1) is 0 Å². The standard InChI is InChI=1S/C5H6F3NO5S/c6-5(7,8)1-3-2-14-15(12,13)9(3)4(10)11/h3H,1-2H2,(H,10,11). The predicted octanol–water partition coefficient (Wildman–Crippen LogP) is 0.562. The topological polar surface area (TPSA) is 83.9 Å². The molecule has 1 rings (SSSR count). The Morgan fingerprint density at radius 1 is 1.53 bits per heavy atom. The fourth-order valence-corrected chi connectivity index (χ4v) is 2.27. The van der Waals surface area contributed by atoms with Crippen LogP contribution in [0.1, 0.15) is 6.42 Å². The molecule has 1 heterocycles. The lowest BCUT2D eigenvalue weighted by Gasteiger charge is -2.18. The number of hydrogen-bond donors (Lipinski definition) is 1. The van der Waals surface area contributed by atoms with Crippen LogP contribution < -0.4 is 0 Å². The molecule has 1 fully saturated rings. The lowest BCUT2D eigenvalue weighted by Crippen LogP contribution is -2.40. The second-order valence-corrected chi connectivity index (χ2v) is 4.28. The molecule has 0 aromatic rings. The third-order valence-electron chi connectivity index (χ3n) is 1.64. The van der Waals surface area contributed by atoms with Crippen LogP contribution in [0.5, 0.6) is 0 Å². The maximum Gasteiger partial charge on any atom is 0.423 e. The van der Waals surface area contributed by atoms with Crippen molar-refractivity contribution in [3.8, 4) is 0 Å². The Bertz CT molecular complexity index is 363. The molecule has 1 N–H and O–H groups in total. The van der Waals surface area contributed by atoms with Crippen molar-refractivity contribution in [2.45, 2.75) is 18.6 Å². The third-order valence-corrected chi connectivity index (χ3v) is 3.01. The fraction of sp³-hybridized carbons (Fsp3) is 0.800. The van der Waals surface area contributed by atoms with E-state index in [1.807, 2.05) is 0 Å². The summed E-state index contributed by atoms with van der Waals surface area (Å²) in [4.78, 5) is 10.4. The summed E-state index contributed by atoms with van der Waals surface area (Å²) in [6.07, 6.45) is -8.19. The first-order valence-electron chi connectivity index (χ1n) is 3.62. The average molecular weight is 249 g/mol. The summed E-state index contributed by atoms with van der Waals surface area (Å²) >= 11 is 0. The highest BCUT2D eigenvalue weighted by atomic mass is 32.2. The van der Waals surface area contributed by atoms with Crippen LogP contribution in [0.3, 0.4) is 0 Å². The first kappa shape index (κ1) is 12.0. The van der Waals surface area contributed by atoms with E-state index in [9.17, 15) is 26.4 Å². The Hall–Kier alpha value is -1.03. The molecule has 0 aromatic heterocycles. The Balaban J connectivity index is 2.89. The Kier molecular flexibility index (Phi) is 2.83. The van der Waals surface area contributed by atoms with Crippen LogP contribution in [0.4, 0.5) is 18.0 Å². The molecule has 1 atom stereocenters. The van der Waals surface area contributed by atoms with Crippen LogP contribution in [0, 0.1) is 0 Å². The lowest BCUT2D eigenvalue weighted by molar-refractivity contribution is -0.142. The number of nitrogens with zero attached hydrogens (tertiary/aromatic N) is 1. The van der Waals surface area contributed by atoms with E-state index >= 15 is 0 Å². The molecule has 0 aliphatic carbocycles. The quantitative estimate of drug-likeness (QED) is 0.734. The second kappa shape index (κ2) is 3.52. The van der Waals surface area contributed by atoms with Crippen molar-refractivity contribution >= 4 is 16.4 Å². The van der Waals surface area contributed by atoms with Crippen molar-refractivity contribution in [1.82, 2.24) is 4.31 Å². The van der Waals surface area contributed by atoms with Crippen LogP contribution in [-0.2, 0) is 14.5 Å². The predicted molar refractivity (Wildman–Crippen MR) is 39.2 cm³/mol. The molecule has 0 saturated carbocycles. The highest BCUT2D eigenvalue weighted by Gasteiger charge is 2.47. The minimum atomic E-state index is -4.65. The van der Waals surface area contributed by atoms with E-state index in [1.165, 1.54) is 0 Å². The van der Waals surface area contributed by atoms with Crippen LogP contribution in [0.25, 0.3) is 0 Å². The van der Waals surface area contributed by atoms with Crippen molar-refractivity contribution in [3.05, 3.63) is 0 Å². The Labute approximate surface area is 82.5 Å². The van der Waals surface area contributed by atoms with Crippen LogP contribution in [0.15, 0.2) is 0 Å². The van der Waals surface area contributed by atoms with E-state index in [0.717, 1.165) is 0 Å². The molecule has 1 unspecified atom stereocenters. The molecule has 1 amide bonds. The van der Waals surface area contributed by atoms with Gasteiger partial charge in [0.15, 0.2) is 0 Å². The van der Waals surface area contributed by atoms with E-state index in [1.54, 1.807) is 0 Å². The molecule has 1 aliphatic rings. The van der Waals surface area contributed by atoms with Crippen molar-refractivity contribution in [2.75, 3.05) is 6.61 Å². The average Bonchev–Trinajstić information content (AvgIpc) is 2.22. The summed E-state index contributed by atoms with van der Waals surface area (Å²) in [5.41, 5.74) is 0. The van der Waals surface area contributed by atoms with Gasteiger partial charge in [-0.25, -0.2) is 4.79 Å². The van der Waals surface area contributed by atoms with E-state index in [2.05, 4.69) is 4.18 Å². The molecule has 10 heteroatoms. The van der Waals surface area contributed by atoms with Gasteiger partial charge in [-0.1, -0.05) is 0 Å². The van der Waals surface area contributed by atoms with Crippen LogP contribution in [0.2, 0.25) is 0 Å². The summed E-state index contributed by atoms with van der Waals surface area (Å²) < 4.78 is 61.2. The molecule has 15 heavy (non-hydrogen) atoms. The van der Waals surface area contributed by atoms with E-state index in [4.69, 9.17) is 5.11 Å². The number of carboxylic acid groups (broad SMARTS) is 1. The van der Waals surface area contributed by atoms with Crippen LogP contribution >= 0.6 is 0 Å². The maximum absolute atomic E-state index is 11.9. The van der Waals surface area contributed by atoms with Gasteiger partial charge in [0.1, 0.15) is 0 Å². The van der Waals surface area contributed by atoms with Gasteiger partial charge in [0, 0.05) is 0 Å². The summed E-state index contributed by atoms with van der Waals surface area (Å²) in [6, 6.07) is -1.74. The number of halogens is 3. The molecular weight excluding hydrogens is 243 g/mol. The largest absolute Gasteiger partial charge is 0.464 e. The number of carbonyl (C=O) groups is 1. The molecule has 1 aliphatic heterocycles. The summed E-state index contributed by atoms with van der Waals surface area (Å²) in [7, 11) is -4.57. The Morgan fingerprint density at radius 2 is 2.07 bits per heavy atom. The molecular formula is C5H6F3NO5S. The van der Waals surface area contributed by atoms with E-state index < -0.39 is 41.6 Å². The van der Waals surface area contributed by atoms with Gasteiger partial charge in [0.25, 0.3) is 0 Å². The zero-order chi connectivity index (χ0) is 11.9. The van der Waals surface area contributed by atoms with Gasteiger partial charge >= 0.3 is 22.6 Å². The van der Waals surface area contributed by atoms with Gasteiger partial charge in [-0.3, -0.25) is 4.18 Å². The minimum absolute atomic E-state index is 0.319. The summed E-state index contributed by atoms with van der Waals surface area (Å²) in [5, 5.41) is 8.42. The molecule has 6 nitrogen and oxygen atoms in total. The molecule has 0 aromatic carbocycles. The molecule has 0 bridgehead atoms. The maximum atomic E-state index is 11.9. The Morgan fingerprint density at radius 3 is 2.47 bits per heavy atom. The first-order chi connectivity index (χ1) is 6.63. The third kappa shape index (κ3) is 2.72. The molecule has 88 valence electrons. The lowest BCUT2D eigenvalue weighted by atomic mass is 10.2. The van der Waals surface area contributed by atoms with Crippen molar-refractivity contribution in [2.24, 2.45) is 0 Å². The monoisotopic (exact) mass is 249 g/mol. The molecule has 0 radical (unpaired) electrons. The van der Waals surface area contributed by atoms with E-state index in [0.29, 0.717) is 0 Å². The highest BCUT2D eigenvalue weighted by molar-refractivity contribution is 7.85. The van der Waals surface area contributed by atoms with Crippen molar-refractivity contribution in [3.63, 3.8) is 0 Å². The summed E-state index contributed by atoms with van der Waals surface area (Å²) in [6.45, 7) is -0.811. The molecule has 0 spiro atoms. The summed E-state index contributed by atoms with van der Waals surface area (Å²) in [5.74, 6) is 0. The SMILES string of the molecule is O=C(O)N1C(CC(F)(F)F)COS1(=O)=O. The number of alkyl halides is 3. The normalized spacial score (nSPS) is 25.5. The fourth-order valence-electron chi connectivity index (χ4n) is 1.13. The number of amides is 1. The van der Waals surface area contributed by atoms with Crippen LogP contribution in [-0.4, -0.2) is 42.7 Å². The van der Waals surface area contributed by atoms with Gasteiger partial charge in [-0.05, 0) is 0 Å².